The Kier molecular flexibility index (Phi) is 2.21. The third-order valence-corrected chi connectivity index (χ3v) is 3.02. The van der Waals surface area contributed by atoms with Crippen LogP contribution in [0, 0.1) is 17.8 Å². The van der Waals surface area contributed by atoms with Gasteiger partial charge in [-0.1, -0.05) is 18.7 Å². The van der Waals surface area contributed by atoms with Crippen molar-refractivity contribution in [2.75, 3.05) is 6.61 Å². The van der Waals surface area contributed by atoms with Crippen molar-refractivity contribution < 1.29 is 9.53 Å². The van der Waals surface area contributed by atoms with E-state index in [1.54, 1.807) is 0 Å². The predicted molar refractivity (Wildman–Crippen MR) is 50.0 cm³/mol. The van der Waals surface area contributed by atoms with Gasteiger partial charge in [0.05, 0.1) is 6.61 Å². The van der Waals surface area contributed by atoms with E-state index in [-0.39, 0.29) is 5.97 Å². The molecule has 2 rings (SSSR count). The molecule has 2 nitrogen and oxygen atoms in total. The SMILES string of the molecule is C=CC(=O)OC[C@@H]1C[C@H]2C=C[C@@H]1C2. The maximum absolute atomic E-state index is 10.8. The van der Waals surface area contributed by atoms with Gasteiger partial charge in [0.15, 0.2) is 0 Å². The van der Waals surface area contributed by atoms with Crippen LogP contribution >= 0.6 is 0 Å². The molecule has 2 aliphatic rings. The van der Waals surface area contributed by atoms with Crippen LogP contribution in [0.4, 0.5) is 0 Å². The van der Waals surface area contributed by atoms with Crippen molar-refractivity contribution in [3.05, 3.63) is 24.8 Å². The summed E-state index contributed by atoms with van der Waals surface area (Å²) in [5.74, 6) is 1.66. The standard InChI is InChI=1S/C11H14O2/c1-2-11(12)13-7-10-6-8-3-4-9(10)5-8/h2-4,8-10H,1,5-7H2/t8-,9+,10-/m0/s1. The number of allylic oxidation sites excluding steroid dienone is 2. The molecule has 13 heavy (non-hydrogen) atoms. The molecule has 0 spiro atoms. The Morgan fingerprint density at radius 1 is 1.54 bits per heavy atom. The van der Waals surface area contributed by atoms with Crippen LogP contribution in [0.25, 0.3) is 0 Å². The fourth-order valence-electron chi connectivity index (χ4n) is 2.33. The van der Waals surface area contributed by atoms with E-state index >= 15 is 0 Å². The zero-order valence-electron chi connectivity index (χ0n) is 7.61. The molecule has 70 valence electrons. The highest BCUT2D eigenvalue weighted by molar-refractivity contribution is 5.81. The molecular weight excluding hydrogens is 164 g/mol. The highest BCUT2D eigenvalue weighted by Crippen LogP contribution is 2.43. The molecular formula is C11H14O2. The van der Waals surface area contributed by atoms with Crippen molar-refractivity contribution in [3.8, 4) is 0 Å². The summed E-state index contributed by atoms with van der Waals surface area (Å²) in [5.41, 5.74) is 0. The first-order chi connectivity index (χ1) is 6.29. The molecule has 0 amide bonds. The molecule has 0 radical (unpaired) electrons. The fourth-order valence-corrected chi connectivity index (χ4v) is 2.33. The quantitative estimate of drug-likeness (QED) is 0.375. The molecule has 3 atom stereocenters. The second-order valence-corrected chi connectivity index (χ2v) is 3.87. The van der Waals surface area contributed by atoms with E-state index in [0.717, 1.165) is 5.92 Å². The zero-order chi connectivity index (χ0) is 9.26. The van der Waals surface area contributed by atoms with Gasteiger partial charge >= 0.3 is 5.97 Å². The first-order valence-electron chi connectivity index (χ1n) is 4.77. The van der Waals surface area contributed by atoms with Crippen molar-refractivity contribution in [2.24, 2.45) is 17.8 Å². The first kappa shape index (κ1) is 8.54. The lowest BCUT2D eigenvalue weighted by atomic mass is 9.95. The average Bonchev–Trinajstić information content (AvgIpc) is 2.74. The zero-order valence-corrected chi connectivity index (χ0v) is 7.61. The van der Waals surface area contributed by atoms with Crippen LogP contribution in [0.2, 0.25) is 0 Å². The van der Waals surface area contributed by atoms with Gasteiger partial charge in [0.2, 0.25) is 0 Å². The van der Waals surface area contributed by atoms with Crippen LogP contribution < -0.4 is 0 Å². The smallest absolute Gasteiger partial charge is 0.330 e. The Bertz CT molecular complexity index is 255. The maximum atomic E-state index is 10.8. The molecule has 1 fully saturated rings. The highest BCUT2D eigenvalue weighted by Gasteiger charge is 2.35. The summed E-state index contributed by atoms with van der Waals surface area (Å²) in [6.45, 7) is 3.93. The molecule has 0 unspecified atom stereocenters. The first-order valence-corrected chi connectivity index (χ1v) is 4.77. The van der Waals surface area contributed by atoms with Crippen LogP contribution in [-0.4, -0.2) is 12.6 Å². The minimum absolute atomic E-state index is 0.299. The maximum Gasteiger partial charge on any atom is 0.330 e. The third-order valence-electron chi connectivity index (χ3n) is 3.02. The molecule has 0 N–H and O–H groups in total. The van der Waals surface area contributed by atoms with Gasteiger partial charge in [0.1, 0.15) is 0 Å². The fraction of sp³-hybridized carbons (Fsp3) is 0.545. The molecule has 2 aliphatic carbocycles. The number of esters is 1. The molecule has 0 heterocycles. The summed E-state index contributed by atoms with van der Waals surface area (Å²) in [7, 11) is 0. The topological polar surface area (TPSA) is 26.3 Å². The summed E-state index contributed by atoms with van der Waals surface area (Å²) in [5, 5.41) is 0. The van der Waals surface area contributed by atoms with Crippen LogP contribution in [0.1, 0.15) is 12.8 Å². The van der Waals surface area contributed by atoms with Crippen molar-refractivity contribution in [1.82, 2.24) is 0 Å². The molecule has 0 aromatic carbocycles. The summed E-state index contributed by atoms with van der Waals surface area (Å²) in [6, 6.07) is 0. The molecule has 2 bridgehead atoms. The van der Waals surface area contributed by atoms with E-state index in [4.69, 9.17) is 4.74 Å². The van der Waals surface area contributed by atoms with E-state index in [9.17, 15) is 4.79 Å². The molecule has 2 heteroatoms. The summed E-state index contributed by atoms with van der Waals surface area (Å²) in [4.78, 5) is 10.8. The lowest BCUT2D eigenvalue weighted by molar-refractivity contribution is -0.139. The second-order valence-electron chi connectivity index (χ2n) is 3.87. The number of ether oxygens (including phenoxy) is 1. The predicted octanol–water partition coefficient (Wildman–Crippen LogP) is 1.93. The number of rotatable bonds is 3. The van der Waals surface area contributed by atoms with Crippen LogP contribution in [-0.2, 0) is 9.53 Å². The Morgan fingerprint density at radius 3 is 2.92 bits per heavy atom. The number of hydrogen-bond acceptors (Lipinski definition) is 2. The van der Waals surface area contributed by atoms with Crippen molar-refractivity contribution in [2.45, 2.75) is 12.8 Å². The second kappa shape index (κ2) is 3.36. The Balaban J connectivity index is 1.81. The average molecular weight is 178 g/mol. The van der Waals surface area contributed by atoms with Crippen LogP contribution in [0.15, 0.2) is 24.8 Å². The van der Waals surface area contributed by atoms with Gasteiger partial charge in [-0.05, 0) is 30.6 Å². The van der Waals surface area contributed by atoms with E-state index in [2.05, 4.69) is 18.7 Å². The van der Waals surface area contributed by atoms with Crippen molar-refractivity contribution >= 4 is 5.97 Å². The summed E-state index contributed by atoms with van der Waals surface area (Å²) < 4.78 is 5.04. The Labute approximate surface area is 78.3 Å². The molecule has 0 aromatic rings. The van der Waals surface area contributed by atoms with Gasteiger partial charge < -0.3 is 4.74 Å². The number of carbonyl (C=O) groups is 1. The van der Waals surface area contributed by atoms with Gasteiger partial charge in [-0.2, -0.15) is 0 Å². The van der Waals surface area contributed by atoms with Crippen molar-refractivity contribution in [1.29, 1.82) is 0 Å². The minimum atomic E-state index is -0.299. The molecule has 1 saturated carbocycles. The largest absolute Gasteiger partial charge is 0.462 e. The summed E-state index contributed by atoms with van der Waals surface area (Å²) >= 11 is 0. The van der Waals surface area contributed by atoms with E-state index < -0.39 is 0 Å². The lowest BCUT2D eigenvalue weighted by Gasteiger charge is -2.16. The number of fused-ring (bicyclic) bond motifs is 2. The van der Waals surface area contributed by atoms with E-state index in [0.29, 0.717) is 18.4 Å². The third kappa shape index (κ3) is 1.67. The summed E-state index contributed by atoms with van der Waals surface area (Å²) in [6.07, 6.45) is 8.22. The Hall–Kier alpha value is -1.05. The monoisotopic (exact) mass is 178 g/mol. The normalized spacial score (nSPS) is 34.9. The van der Waals surface area contributed by atoms with Crippen LogP contribution in [0.3, 0.4) is 0 Å². The van der Waals surface area contributed by atoms with Gasteiger partial charge in [0.25, 0.3) is 0 Å². The number of hydrogen-bond donors (Lipinski definition) is 0. The molecule has 0 aliphatic heterocycles. The van der Waals surface area contributed by atoms with Crippen molar-refractivity contribution in [3.63, 3.8) is 0 Å². The Morgan fingerprint density at radius 2 is 2.38 bits per heavy atom. The van der Waals surface area contributed by atoms with Gasteiger partial charge in [-0.25, -0.2) is 4.79 Å². The van der Waals surface area contributed by atoms with E-state index in [1.807, 2.05) is 0 Å². The minimum Gasteiger partial charge on any atom is -0.462 e. The van der Waals surface area contributed by atoms with Gasteiger partial charge in [-0.3, -0.25) is 0 Å². The van der Waals surface area contributed by atoms with Gasteiger partial charge in [-0.15, -0.1) is 0 Å². The number of carbonyl (C=O) groups excluding carboxylic acids is 1. The highest BCUT2D eigenvalue weighted by atomic mass is 16.5. The van der Waals surface area contributed by atoms with E-state index in [1.165, 1.54) is 18.9 Å². The molecule has 0 saturated heterocycles. The van der Waals surface area contributed by atoms with Crippen LogP contribution in [0.5, 0.6) is 0 Å². The molecule has 0 aromatic heterocycles. The lowest BCUT2D eigenvalue weighted by Crippen LogP contribution is -2.16. The van der Waals surface area contributed by atoms with Gasteiger partial charge in [0, 0.05) is 6.08 Å².